The maximum atomic E-state index is 6.01. The van der Waals surface area contributed by atoms with E-state index in [1.807, 2.05) is 6.07 Å². The Labute approximate surface area is 133 Å². The molecule has 2 rings (SSSR count). The Kier molecular flexibility index (Phi) is 5.47. The van der Waals surface area contributed by atoms with Crippen LogP contribution in [0.15, 0.2) is 24.5 Å². The van der Waals surface area contributed by atoms with Crippen LogP contribution in [0.3, 0.4) is 0 Å². The monoisotopic (exact) mass is 326 g/mol. The number of benzene rings is 1. The van der Waals surface area contributed by atoms with Gasteiger partial charge in [0.15, 0.2) is 11.6 Å². The summed E-state index contributed by atoms with van der Waals surface area (Å²) in [6.07, 6.45) is 2.46. The summed E-state index contributed by atoms with van der Waals surface area (Å²) in [6.45, 7) is 2.88. The second kappa shape index (κ2) is 7.33. The van der Waals surface area contributed by atoms with Gasteiger partial charge in [-0.2, -0.15) is 0 Å². The lowest BCUT2D eigenvalue weighted by Crippen LogP contribution is -2.07. The van der Waals surface area contributed by atoms with Crippen molar-refractivity contribution in [3.05, 3.63) is 34.6 Å². The summed E-state index contributed by atoms with van der Waals surface area (Å²) in [5.41, 5.74) is 0.767. The van der Waals surface area contributed by atoms with Crippen molar-refractivity contribution in [1.82, 2.24) is 9.97 Å². The summed E-state index contributed by atoms with van der Waals surface area (Å²) in [6, 6.07) is 5.26. The number of halogens is 2. The van der Waals surface area contributed by atoms with E-state index in [4.69, 9.17) is 27.9 Å². The van der Waals surface area contributed by atoms with Gasteiger partial charge in [-0.3, -0.25) is 0 Å². The molecule has 0 saturated heterocycles. The highest BCUT2D eigenvalue weighted by Gasteiger charge is 2.12. The molecule has 0 saturated carbocycles. The molecule has 0 fully saturated rings. The van der Waals surface area contributed by atoms with Crippen molar-refractivity contribution in [3.8, 4) is 5.75 Å². The Morgan fingerprint density at radius 1 is 1.14 bits per heavy atom. The smallest absolute Gasteiger partial charge is 0.204 e. The minimum Gasteiger partial charge on any atom is -0.490 e. The van der Waals surface area contributed by atoms with Gasteiger partial charge in [-0.1, -0.05) is 30.1 Å². The molecule has 0 unspecified atom stereocenters. The Morgan fingerprint density at radius 3 is 2.57 bits per heavy atom. The van der Waals surface area contributed by atoms with E-state index < -0.39 is 0 Å². The van der Waals surface area contributed by atoms with Gasteiger partial charge >= 0.3 is 0 Å². The molecule has 2 N–H and O–H groups in total. The van der Waals surface area contributed by atoms with E-state index in [1.54, 1.807) is 19.2 Å². The van der Waals surface area contributed by atoms with Gasteiger partial charge in [0.1, 0.15) is 6.33 Å². The summed E-state index contributed by atoms with van der Waals surface area (Å²) in [5.74, 6) is 1.76. The van der Waals surface area contributed by atoms with E-state index in [0.717, 1.165) is 18.7 Å². The first-order valence-electron chi connectivity index (χ1n) is 6.50. The minimum absolute atomic E-state index is 0.471. The Bertz CT molecular complexity index is 622. The van der Waals surface area contributed by atoms with Crippen molar-refractivity contribution in [2.45, 2.75) is 13.3 Å². The van der Waals surface area contributed by atoms with Gasteiger partial charge < -0.3 is 15.4 Å². The van der Waals surface area contributed by atoms with Gasteiger partial charge in [0.25, 0.3) is 0 Å². The van der Waals surface area contributed by atoms with Crippen LogP contribution in [0, 0.1) is 0 Å². The van der Waals surface area contributed by atoms with Crippen LogP contribution in [0.1, 0.15) is 13.3 Å². The van der Waals surface area contributed by atoms with Gasteiger partial charge in [0.2, 0.25) is 5.75 Å². The number of rotatable bonds is 6. The SMILES string of the molecule is CCCNc1ncnc(Nc2ccc(Cl)c(Cl)c2)c1OC. The van der Waals surface area contributed by atoms with Crippen molar-refractivity contribution in [1.29, 1.82) is 0 Å². The summed E-state index contributed by atoms with van der Waals surface area (Å²) >= 11 is 11.9. The molecule has 5 nitrogen and oxygen atoms in total. The molecule has 1 heterocycles. The fourth-order valence-corrected chi connectivity index (χ4v) is 2.03. The molecule has 112 valence electrons. The number of ether oxygens (including phenoxy) is 1. The van der Waals surface area contributed by atoms with Crippen LogP contribution in [0.25, 0.3) is 0 Å². The standard InChI is InChI=1S/C14H16Cl2N4O/c1-3-6-17-13-12(21-2)14(19-8-18-13)20-9-4-5-10(15)11(16)7-9/h4-5,7-8H,3,6H2,1-2H3,(H2,17,18,19,20). The molecular formula is C14H16Cl2N4O. The molecule has 0 radical (unpaired) electrons. The largest absolute Gasteiger partial charge is 0.490 e. The quantitative estimate of drug-likeness (QED) is 0.826. The van der Waals surface area contributed by atoms with Crippen LogP contribution in [-0.4, -0.2) is 23.6 Å². The van der Waals surface area contributed by atoms with E-state index in [-0.39, 0.29) is 0 Å². The van der Waals surface area contributed by atoms with Crippen molar-refractivity contribution in [3.63, 3.8) is 0 Å². The highest BCUT2D eigenvalue weighted by Crippen LogP contribution is 2.33. The normalized spacial score (nSPS) is 10.3. The summed E-state index contributed by atoms with van der Waals surface area (Å²) in [7, 11) is 1.58. The Morgan fingerprint density at radius 2 is 1.90 bits per heavy atom. The lowest BCUT2D eigenvalue weighted by Gasteiger charge is -2.14. The first-order chi connectivity index (χ1) is 10.2. The zero-order valence-electron chi connectivity index (χ0n) is 11.8. The third-order valence-corrected chi connectivity index (χ3v) is 3.47. The van der Waals surface area contributed by atoms with Crippen LogP contribution >= 0.6 is 23.2 Å². The van der Waals surface area contributed by atoms with Crippen molar-refractivity contribution in [2.24, 2.45) is 0 Å². The number of aromatic nitrogens is 2. The minimum atomic E-state index is 0.471. The van der Waals surface area contributed by atoms with Crippen LogP contribution < -0.4 is 15.4 Å². The lowest BCUT2D eigenvalue weighted by molar-refractivity contribution is 0.415. The summed E-state index contributed by atoms with van der Waals surface area (Å²) < 4.78 is 5.39. The van der Waals surface area contributed by atoms with Crippen molar-refractivity contribution in [2.75, 3.05) is 24.3 Å². The molecule has 2 aromatic rings. The van der Waals surface area contributed by atoms with Crippen LogP contribution in [0.4, 0.5) is 17.3 Å². The summed E-state index contributed by atoms with van der Waals surface area (Å²) in [5, 5.41) is 7.32. The second-order valence-corrected chi connectivity index (χ2v) is 5.10. The van der Waals surface area contributed by atoms with Crippen LogP contribution in [0.2, 0.25) is 10.0 Å². The highest BCUT2D eigenvalue weighted by molar-refractivity contribution is 6.42. The van der Waals surface area contributed by atoms with Crippen LogP contribution in [-0.2, 0) is 0 Å². The van der Waals surface area contributed by atoms with E-state index in [1.165, 1.54) is 6.33 Å². The summed E-state index contributed by atoms with van der Waals surface area (Å²) in [4.78, 5) is 8.39. The average molecular weight is 327 g/mol. The lowest BCUT2D eigenvalue weighted by atomic mass is 10.3. The number of methoxy groups -OCH3 is 1. The van der Waals surface area contributed by atoms with E-state index in [0.29, 0.717) is 27.4 Å². The third kappa shape index (κ3) is 3.89. The molecule has 1 aromatic heterocycles. The second-order valence-electron chi connectivity index (χ2n) is 4.28. The maximum absolute atomic E-state index is 6.01. The molecule has 0 aliphatic rings. The zero-order valence-corrected chi connectivity index (χ0v) is 13.3. The van der Waals surface area contributed by atoms with E-state index in [9.17, 15) is 0 Å². The number of nitrogens with one attached hydrogen (secondary N) is 2. The van der Waals surface area contributed by atoms with Gasteiger partial charge in [0.05, 0.1) is 17.2 Å². The van der Waals surface area contributed by atoms with Crippen molar-refractivity contribution < 1.29 is 4.74 Å². The average Bonchev–Trinajstić information content (AvgIpc) is 2.49. The molecule has 0 amide bonds. The molecule has 21 heavy (non-hydrogen) atoms. The predicted molar refractivity (Wildman–Crippen MR) is 87.1 cm³/mol. The van der Waals surface area contributed by atoms with Crippen molar-refractivity contribution >= 4 is 40.5 Å². The topological polar surface area (TPSA) is 59.1 Å². The number of anilines is 3. The fourth-order valence-electron chi connectivity index (χ4n) is 1.74. The number of hydrogen-bond acceptors (Lipinski definition) is 5. The first kappa shape index (κ1) is 15.7. The number of hydrogen-bond donors (Lipinski definition) is 2. The number of nitrogens with zero attached hydrogens (tertiary/aromatic N) is 2. The van der Waals surface area contributed by atoms with E-state index >= 15 is 0 Å². The molecule has 1 aromatic carbocycles. The molecule has 7 heteroatoms. The molecular weight excluding hydrogens is 311 g/mol. The van der Waals surface area contributed by atoms with Gasteiger partial charge in [0, 0.05) is 12.2 Å². The molecule has 0 aliphatic heterocycles. The van der Waals surface area contributed by atoms with Gasteiger partial charge in [-0.05, 0) is 24.6 Å². The molecule has 0 bridgehead atoms. The third-order valence-electron chi connectivity index (χ3n) is 2.73. The van der Waals surface area contributed by atoms with E-state index in [2.05, 4.69) is 27.5 Å². The first-order valence-corrected chi connectivity index (χ1v) is 7.26. The van der Waals surface area contributed by atoms with Gasteiger partial charge in [-0.25, -0.2) is 9.97 Å². The predicted octanol–water partition coefficient (Wildman–Crippen LogP) is 4.36. The van der Waals surface area contributed by atoms with Gasteiger partial charge in [-0.15, -0.1) is 0 Å². The maximum Gasteiger partial charge on any atom is 0.204 e. The Hall–Kier alpha value is -1.72. The zero-order chi connectivity index (χ0) is 15.2. The fraction of sp³-hybridized carbons (Fsp3) is 0.286. The molecule has 0 spiro atoms. The molecule has 0 aliphatic carbocycles. The van der Waals surface area contributed by atoms with Crippen LogP contribution in [0.5, 0.6) is 5.75 Å². The highest BCUT2D eigenvalue weighted by atomic mass is 35.5. The Balaban J connectivity index is 2.28. The molecule has 0 atom stereocenters.